The van der Waals surface area contributed by atoms with E-state index >= 15 is 0 Å². The molecule has 0 aliphatic rings. The van der Waals surface area contributed by atoms with Gasteiger partial charge in [-0.25, -0.2) is 13.2 Å². The largest absolute Gasteiger partial charge is 0.483 e. The predicted molar refractivity (Wildman–Crippen MR) is 110 cm³/mol. The smallest absolute Gasteiger partial charge is 0.260 e. The second-order valence-corrected chi connectivity index (χ2v) is 6.67. The highest BCUT2D eigenvalue weighted by Crippen LogP contribution is 2.29. The Morgan fingerprint density at radius 2 is 1.58 bits per heavy atom. The molecule has 0 radical (unpaired) electrons. The first kappa shape index (κ1) is 21.9. The zero-order valence-electron chi connectivity index (χ0n) is 16.6. The molecule has 2 amide bonds. The number of nitrogens with zero attached hydrogens (tertiary/aromatic N) is 1. The van der Waals surface area contributed by atoms with Crippen LogP contribution in [0.3, 0.4) is 0 Å². The first-order valence-corrected chi connectivity index (χ1v) is 9.31. The lowest BCUT2D eigenvalue weighted by molar-refractivity contribution is -0.135. The number of carbonyl (C=O) groups is 2. The van der Waals surface area contributed by atoms with E-state index in [1.807, 2.05) is 42.5 Å². The fraction of sp³-hybridized carbons (Fsp3) is 0.130. The van der Waals surface area contributed by atoms with E-state index in [1.54, 1.807) is 12.1 Å². The number of rotatable bonds is 7. The Hall–Kier alpha value is -3.81. The molecule has 3 rings (SSSR count). The van der Waals surface area contributed by atoms with E-state index in [0.29, 0.717) is 11.8 Å². The van der Waals surface area contributed by atoms with E-state index in [2.05, 4.69) is 5.32 Å². The van der Waals surface area contributed by atoms with Crippen molar-refractivity contribution in [1.29, 1.82) is 0 Å². The van der Waals surface area contributed by atoms with Crippen LogP contribution in [0.25, 0.3) is 11.1 Å². The Balaban J connectivity index is 1.58. The van der Waals surface area contributed by atoms with Crippen LogP contribution in [0.1, 0.15) is 0 Å². The third-order valence-electron chi connectivity index (χ3n) is 4.44. The highest BCUT2D eigenvalue weighted by atomic mass is 19.2. The number of anilines is 1. The fourth-order valence-corrected chi connectivity index (χ4v) is 2.81. The summed E-state index contributed by atoms with van der Waals surface area (Å²) >= 11 is 0. The fourth-order valence-electron chi connectivity index (χ4n) is 2.81. The summed E-state index contributed by atoms with van der Waals surface area (Å²) in [6, 6.07) is 18.3. The topological polar surface area (TPSA) is 58.6 Å². The number of hydrogen-bond donors (Lipinski definition) is 1. The summed E-state index contributed by atoms with van der Waals surface area (Å²) in [5, 5.41) is 2.11. The molecule has 160 valence electrons. The molecule has 3 aromatic rings. The maximum atomic E-state index is 13.7. The first-order valence-electron chi connectivity index (χ1n) is 9.31. The lowest BCUT2D eigenvalue weighted by atomic mass is 10.1. The van der Waals surface area contributed by atoms with Gasteiger partial charge in [0.25, 0.3) is 5.91 Å². The number of nitrogens with one attached hydrogen (secondary N) is 1. The molecule has 0 unspecified atom stereocenters. The minimum absolute atomic E-state index is 0.326. The highest BCUT2D eigenvalue weighted by molar-refractivity contribution is 5.94. The molecule has 0 spiro atoms. The quantitative estimate of drug-likeness (QED) is 0.573. The molecule has 0 fully saturated rings. The average molecular weight is 428 g/mol. The number of benzene rings is 3. The van der Waals surface area contributed by atoms with Gasteiger partial charge >= 0.3 is 0 Å². The average Bonchev–Trinajstić information content (AvgIpc) is 2.78. The molecule has 0 aliphatic heterocycles. The Bertz CT molecular complexity index is 1090. The van der Waals surface area contributed by atoms with Crippen molar-refractivity contribution in [3.8, 4) is 16.9 Å². The number of ether oxygens (including phenoxy) is 1. The number of amides is 2. The van der Waals surface area contributed by atoms with Crippen molar-refractivity contribution in [2.75, 3.05) is 25.5 Å². The van der Waals surface area contributed by atoms with Gasteiger partial charge in [-0.15, -0.1) is 0 Å². The first-order chi connectivity index (χ1) is 14.9. The zero-order chi connectivity index (χ0) is 22.4. The molecule has 0 bridgehead atoms. The summed E-state index contributed by atoms with van der Waals surface area (Å²) in [5.41, 5.74) is 1.22. The SMILES string of the molecule is CN(CC(=O)Nc1ccc(F)c(F)c1F)C(=O)COc1ccccc1-c1ccccc1. The van der Waals surface area contributed by atoms with Crippen LogP contribution in [-0.2, 0) is 9.59 Å². The number of likely N-dealkylation sites (N-methyl/N-ethyl adjacent to an activating group) is 1. The minimum Gasteiger partial charge on any atom is -0.483 e. The van der Waals surface area contributed by atoms with Crippen LogP contribution in [0.5, 0.6) is 5.75 Å². The van der Waals surface area contributed by atoms with Gasteiger partial charge < -0.3 is 15.0 Å². The van der Waals surface area contributed by atoms with Crippen molar-refractivity contribution in [3.63, 3.8) is 0 Å². The van der Waals surface area contributed by atoms with Crippen molar-refractivity contribution in [2.45, 2.75) is 0 Å². The van der Waals surface area contributed by atoms with Crippen LogP contribution in [0, 0.1) is 17.5 Å². The summed E-state index contributed by atoms with van der Waals surface area (Å²) in [7, 11) is 1.37. The van der Waals surface area contributed by atoms with Crippen molar-refractivity contribution < 1.29 is 27.5 Å². The van der Waals surface area contributed by atoms with Gasteiger partial charge in [-0.2, -0.15) is 0 Å². The molecule has 0 aromatic heterocycles. The summed E-state index contributed by atoms with van der Waals surface area (Å²) < 4.78 is 45.6. The normalized spacial score (nSPS) is 10.5. The molecule has 1 N–H and O–H groups in total. The maximum absolute atomic E-state index is 13.7. The number of halogens is 3. The van der Waals surface area contributed by atoms with E-state index in [0.717, 1.165) is 22.1 Å². The van der Waals surface area contributed by atoms with Gasteiger partial charge in [0.05, 0.1) is 12.2 Å². The van der Waals surface area contributed by atoms with Crippen LogP contribution >= 0.6 is 0 Å². The van der Waals surface area contributed by atoms with Crippen molar-refractivity contribution in [2.24, 2.45) is 0 Å². The molecular weight excluding hydrogens is 409 g/mol. The molecule has 5 nitrogen and oxygen atoms in total. The molecule has 0 aliphatic carbocycles. The van der Waals surface area contributed by atoms with E-state index in [9.17, 15) is 22.8 Å². The van der Waals surface area contributed by atoms with Gasteiger partial charge in [0, 0.05) is 12.6 Å². The third kappa shape index (κ3) is 5.42. The predicted octanol–water partition coefficient (Wildman–Crippen LogP) is 4.25. The van der Waals surface area contributed by atoms with Crippen LogP contribution in [0.2, 0.25) is 0 Å². The molecule has 0 heterocycles. The molecule has 3 aromatic carbocycles. The minimum atomic E-state index is -1.69. The Morgan fingerprint density at radius 1 is 0.903 bits per heavy atom. The molecular formula is C23H19F3N2O3. The van der Waals surface area contributed by atoms with Crippen molar-refractivity contribution in [3.05, 3.63) is 84.2 Å². The van der Waals surface area contributed by atoms with Gasteiger partial charge in [-0.1, -0.05) is 48.5 Å². The number of para-hydroxylation sites is 1. The number of hydrogen-bond acceptors (Lipinski definition) is 3. The van der Waals surface area contributed by atoms with Gasteiger partial charge in [0.1, 0.15) is 5.75 Å². The standard InChI is InChI=1S/C23H19F3N2O3/c1-28(13-20(29)27-18-12-11-17(24)22(25)23(18)26)21(30)14-31-19-10-6-5-9-16(19)15-7-3-2-4-8-15/h2-12H,13-14H2,1H3,(H,27,29). The molecule has 0 atom stereocenters. The lowest BCUT2D eigenvalue weighted by Gasteiger charge is -2.18. The van der Waals surface area contributed by atoms with E-state index < -0.39 is 41.5 Å². The maximum Gasteiger partial charge on any atom is 0.260 e. The summed E-state index contributed by atoms with van der Waals surface area (Å²) in [6.07, 6.45) is 0. The zero-order valence-corrected chi connectivity index (χ0v) is 16.6. The number of carbonyl (C=O) groups excluding carboxylic acids is 2. The summed E-state index contributed by atoms with van der Waals surface area (Å²) in [5.74, 6) is -5.33. The van der Waals surface area contributed by atoms with E-state index in [1.165, 1.54) is 7.05 Å². The Labute approximate surface area is 177 Å². The van der Waals surface area contributed by atoms with Crippen LogP contribution in [0.15, 0.2) is 66.7 Å². The second-order valence-electron chi connectivity index (χ2n) is 6.67. The van der Waals surface area contributed by atoms with Gasteiger partial charge in [0.2, 0.25) is 5.91 Å². The molecule has 8 heteroatoms. The molecule has 31 heavy (non-hydrogen) atoms. The third-order valence-corrected chi connectivity index (χ3v) is 4.44. The Kier molecular flexibility index (Phi) is 6.92. The van der Waals surface area contributed by atoms with Crippen LogP contribution < -0.4 is 10.1 Å². The van der Waals surface area contributed by atoms with E-state index in [4.69, 9.17) is 4.74 Å². The second kappa shape index (κ2) is 9.80. The van der Waals surface area contributed by atoms with Crippen LogP contribution in [0.4, 0.5) is 18.9 Å². The Morgan fingerprint density at radius 3 is 2.32 bits per heavy atom. The van der Waals surface area contributed by atoms with Crippen LogP contribution in [-0.4, -0.2) is 36.9 Å². The van der Waals surface area contributed by atoms with Gasteiger partial charge in [-0.3, -0.25) is 9.59 Å². The summed E-state index contributed by atoms with van der Waals surface area (Å²) in [4.78, 5) is 25.5. The highest BCUT2D eigenvalue weighted by Gasteiger charge is 2.18. The lowest BCUT2D eigenvalue weighted by Crippen LogP contribution is -2.37. The monoisotopic (exact) mass is 428 g/mol. The molecule has 0 saturated heterocycles. The van der Waals surface area contributed by atoms with E-state index in [-0.39, 0.29) is 6.61 Å². The molecule has 0 saturated carbocycles. The summed E-state index contributed by atoms with van der Waals surface area (Å²) in [6.45, 7) is -0.756. The van der Waals surface area contributed by atoms with Crippen molar-refractivity contribution in [1.82, 2.24) is 4.90 Å². The van der Waals surface area contributed by atoms with Gasteiger partial charge in [0.15, 0.2) is 24.1 Å². The van der Waals surface area contributed by atoms with Gasteiger partial charge in [-0.05, 0) is 23.8 Å². The van der Waals surface area contributed by atoms with Crippen molar-refractivity contribution >= 4 is 17.5 Å².